The number of aromatic nitrogens is 2. The van der Waals surface area contributed by atoms with E-state index in [1.54, 1.807) is 0 Å². The van der Waals surface area contributed by atoms with E-state index < -0.39 is 0 Å². The molecule has 2 heterocycles. The molecule has 0 bridgehead atoms. The van der Waals surface area contributed by atoms with Gasteiger partial charge in [-0.25, -0.2) is 0 Å². The van der Waals surface area contributed by atoms with Crippen molar-refractivity contribution in [3.63, 3.8) is 0 Å². The van der Waals surface area contributed by atoms with Gasteiger partial charge in [0.2, 0.25) is 0 Å². The lowest BCUT2D eigenvalue weighted by Crippen LogP contribution is -2.15. The molecular weight excluding hydrogens is 246 g/mol. The molecule has 1 aromatic carbocycles. The van der Waals surface area contributed by atoms with Crippen LogP contribution >= 0.6 is 0 Å². The zero-order chi connectivity index (χ0) is 13.5. The third kappa shape index (κ3) is 1.97. The Balaban J connectivity index is 1.58. The van der Waals surface area contributed by atoms with Crippen LogP contribution in [0.2, 0.25) is 0 Å². The molecule has 1 N–H and O–H groups in total. The van der Waals surface area contributed by atoms with Crippen LogP contribution in [0.15, 0.2) is 36.4 Å². The molecule has 2 aliphatic rings. The van der Waals surface area contributed by atoms with E-state index >= 15 is 0 Å². The number of nitrogens with zero attached hydrogens (tertiary/aromatic N) is 2. The summed E-state index contributed by atoms with van der Waals surface area (Å²) in [6.45, 7) is 5.56. The van der Waals surface area contributed by atoms with Crippen LogP contribution < -0.4 is 5.32 Å². The second-order valence-corrected chi connectivity index (χ2v) is 6.05. The number of benzene rings is 1. The van der Waals surface area contributed by atoms with Crippen molar-refractivity contribution in [1.29, 1.82) is 0 Å². The molecule has 1 aromatic heterocycles. The van der Waals surface area contributed by atoms with Crippen molar-refractivity contribution in [2.24, 2.45) is 11.8 Å². The summed E-state index contributed by atoms with van der Waals surface area (Å²) in [4.78, 5) is 0. The Kier molecular flexibility index (Phi) is 2.88. The number of hydrogen-bond acceptors (Lipinski definition) is 2. The molecule has 0 radical (unpaired) electrons. The number of nitrogens with one attached hydrogen (secondary N) is 1. The first kappa shape index (κ1) is 12.2. The van der Waals surface area contributed by atoms with E-state index in [0.717, 1.165) is 30.7 Å². The van der Waals surface area contributed by atoms with Crippen LogP contribution in [0, 0.1) is 11.8 Å². The van der Waals surface area contributed by atoms with Gasteiger partial charge in [-0.1, -0.05) is 30.3 Å². The van der Waals surface area contributed by atoms with Crippen molar-refractivity contribution in [3.05, 3.63) is 53.3 Å². The van der Waals surface area contributed by atoms with E-state index in [-0.39, 0.29) is 0 Å². The summed E-state index contributed by atoms with van der Waals surface area (Å²) in [7, 11) is 0. The Bertz CT molecular complexity index is 592. The van der Waals surface area contributed by atoms with Gasteiger partial charge in [-0.2, -0.15) is 5.10 Å². The molecule has 0 spiro atoms. The number of piperidine rings is 1. The molecule has 20 heavy (non-hydrogen) atoms. The molecular formula is C17H21N3. The summed E-state index contributed by atoms with van der Waals surface area (Å²) in [5.74, 6) is 2.48. The van der Waals surface area contributed by atoms with E-state index in [1.807, 2.05) is 0 Å². The van der Waals surface area contributed by atoms with Gasteiger partial charge in [0, 0.05) is 24.6 Å². The lowest BCUT2D eigenvalue weighted by Gasteiger charge is -2.06. The molecule has 2 atom stereocenters. The van der Waals surface area contributed by atoms with Gasteiger partial charge < -0.3 is 5.32 Å². The van der Waals surface area contributed by atoms with Crippen LogP contribution in [0.3, 0.4) is 0 Å². The minimum atomic E-state index is 0.758. The summed E-state index contributed by atoms with van der Waals surface area (Å²) in [6, 6.07) is 13.0. The van der Waals surface area contributed by atoms with Gasteiger partial charge in [0.15, 0.2) is 0 Å². The molecule has 1 saturated carbocycles. The number of aryl methyl sites for hydroxylation is 1. The lowest BCUT2D eigenvalue weighted by atomic mass is 10.1. The van der Waals surface area contributed by atoms with Crippen LogP contribution in [0.25, 0.3) is 0 Å². The highest BCUT2D eigenvalue weighted by molar-refractivity contribution is 5.29. The smallest absolute Gasteiger partial charge is 0.0671 e. The van der Waals surface area contributed by atoms with Crippen LogP contribution in [-0.2, 0) is 13.0 Å². The molecule has 3 heteroatoms. The van der Waals surface area contributed by atoms with Gasteiger partial charge in [-0.05, 0) is 43.5 Å². The Morgan fingerprint density at radius 3 is 2.65 bits per heavy atom. The van der Waals surface area contributed by atoms with Gasteiger partial charge in [0.1, 0.15) is 0 Å². The summed E-state index contributed by atoms with van der Waals surface area (Å²) < 4.78 is 2.22. The van der Waals surface area contributed by atoms with Crippen molar-refractivity contribution in [2.75, 3.05) is 13.1 Å². The second kappa shape index (κ2) is 4.74. The van der Waals surface area contributed by atoms with Crippen molar-refractivity contribution in [1.82, 2.24) is 15.1 Å². The molecule has 3 nitrogen and oxygen atoms in total. The summed E-state index contributed by atoms with van der Waals surface area (Å²) in [5.41, 5.74) is 4.03. The molecule has 1 aliphatic heterocycles. The Hall–Kier alpha value is -1.61. The molecule has 1 saturated heterocycles. The monoisotopic (exact) mass is 267 g/mol. The third-order valence-corrected chi connectivity index (χ3v) is 4.82. The average molecular weight is 267 g/mol. The number of rotatable bonds is 4. The van der Waals surface area contributed by atoms with Gasteiger partial charge in [-0.15, -0.1) is 0 Å². The average Bonchev–Trinajstić information content (AvgIpc) is 2.85. The highest BCUT2D eigenvalue weighted by Crippen LogP contribution is 2.55. The third-order valence-electron chi connectivity index (χ3n) is 4.82. The topological polar surface area (TPSA) is 29.9 Å². The lowest BCUT2D eigenvalue weighted by molar-refractivity contribution is 0.583. The molecule has 2 aromatic rings. The SMILES string of the molecule is CCn1nc(Cc2ccccc2)cc1C1C2CNCC21. The van der Waals surface area contributed by atoms with Crippen molar-refractivity contribution < 1.29 is 0 Å². The first-order valence-corrected chi connectivity index (χ1v) is 7.68. The minimum Gasteiger partial charge on any atom is -0.316 e. The highest BCUT2D eigenvalue weighted by atomic mass is 15.3. The Labute approximate surface area is 120 Å². The van der Waals surface area contributed by atoms with Gasteiger partial charge in [0.25, 0.3) is 0 Å². The van der Waals surface area contributed by atoms with Crippen LogP contribution in [-0.4, -0.2) is 22.9 Å². The molecule has 2 unspecified atom stereocenters. The van der Waals surface area contributed by atoms with Gasteiger partial charge >= 0.3 is 0 Å². The molecule has 0 amide bonds. The van der Waals surface area contributed by atoms with E-state index in [0.29, 0.717) is 0 Å². The quantitative estimate of drug-likeness (QED) is 0.922. The maximum Gasteiger partial charge on any atom is 0.0671 e. The molecule has 1 aliphatic carbocycles. The molecule has 2 fully saturated rings. The van der Waals surface area contributed by atoms with Crippen LogP contribution in [0.1, 0.15) is 29.8 Å². The number of fused-ring (bicyclic) bond motifs is 1. The molecule has 104 valence electrons. The van der Waals surface area contributed by atoms with Crippen molar-refractivity contribution in [3.8, 4) is 0 Å². The minimum absolute atomic E-state index is 0.758. The van der Waals surface area contributed by atoms with E-state index in [9.17, 15) is 0 Å². The Morgan fingerprint density at radius 2 is 1.95 bits per heavy atom. The zero-order valence-corrected chi connectivity index (χ0v) is 11.9. The predicted molar refractivity (Wildman–Crippen MR) is 79.7 cm³/mol. The highest BCUT2D eigenvalue weighted by Gasteiger charge is 2.54. The van der Waals surface area contributed by atoms with E-state index in [4.69, 9.17) is 5.10 Å². The number of hydrogen-bond donors (Lipinski definition) is 1. The normalized spacial score (nSPS) is 27.6. The summed E-state index contributed by atoms with van der Waals surface area (Å²) in [5, 5.41) is 8.28. The first-order valence-electron chi connectivity index (χ1n) is 7.68. The second-order valence-electron chi connectivity index (χ2n) is 6.05. The maximum absolute atomic E-state index is 4.81. The summed E-state index contributed by atoms with van der Waals surface area (Å²) in [6.07, 6.45) is 0.946. The van der Waals surface area contributed by atoms with E-state index in [1.165, 1.54) is 30.0 Å². The van der Waals surface area contributed by atoms with Crippen molar-refractivity contribution >= 4 is 0 Å². The van der Waals surface area contributed by atoms with Gasteiger partial charge in [0.05, 0.1) is 5.69 Å². The maximum atomic E-state index is 4.81. The van der Waals surface area contributed by atoms with E-state index in [2.05, 4.69) is 53.3 Å². The largest absolute Gasteiger partial charge is 0.316 e. The predicted octanol–water partition coefficient (Wildman–Crippen LogP) is 2.43. The fraction of sp³-hybridized carbons (Fsp3) is 0.471. The zero-order valence-electron chi connectivity index (χ0n) is 11.9. The molecule has 4 rings (SSSR count). The first-order chi connectivity index (χ1) is 9.86. The fourth-order valence-electron chi connectivity index (χ4n) is 3.76. The van der Waals surface area contributed by atoms with Crippen LogP contribution in [0.5, 0.6) is 0 Å². The fourth-order valence-corrected chi connectivity index (χ4v) is 3.76. The Morgan fingerprint density at radius 1 is 1.20 bits per heavy atom. The van der Waals surface area contributed by atoms with Crippen LogP contribution in [0.4, 0.5) is 0 Å². The van der Waals surface area contributed by atoms with Crippen molar-refractivity contribution in [2.45, 2.75) is 25.8 Å². The summed E-state index contributed by atoms with van der Waals surface area (Å²) >= 11 is 0. The van der Waals surface area contributed by atoms with Gasteiger partial charge in [-0.3, -0.25) is 4.68 Å². The standard InChI is InChI=1S/C17H21N3/c1-2-20-16(17-14-10-18-11-15(14)17)9-13(19-20)8-12-6-4-3-5-7-12/h3-7,9,14-15,17-18H,2,8,10-11H2,1H3.